The minimum absolute atomic E-state index is 0.0693. The molecule has 2 aliphatic rings. The fourth-order valence-electron chi connectivity index (χ4n) is 3.78. The first-order chi connectivity index (χ1) is 9.65. The van der Waals surface area contributed by atoms with E-state index in [1.54, 1.807) is 6.07 Å². The Labute approximate surface area is 118 Å². The average molecular weight is 276 g/mol. The van der Waals surface area contributed by atoms with Crippen molar-refractivity contribution in [2.24, 2.45) is 17.8 Å². The van der Waals surface area contributed by atoms with Crippen LogP contribution in [0.3, 0.4) is 0 Å². The summed E-state index contributed by atoms with van der Waals surface area (Å²) in [6.45, 7) is 0.908. The summed E-state index contributed by atoms with van der Waals surface area (Å²) in [5, 5.41) is 14.3. The summed E-state index contributed by atoms with van der Waals surface area (Å²) in [4.78, 5) is 10.5. The number of nitro benzene ring substituents is 1. The predicted octanol–water partition coefficient (Wildman–Crippen LogP) is 3.45. The van der Waals surface area contributed by atoms with Crippen molar-refractivity contribution in [2.75, 3.05) is 19.0 Å². The molecule has 5 heteroatoms. The molecule has 2 saturated carbocycles. The number of ether oxygens (including phenoxy) is 1. The van der Waals surface area contributed by atoms with Gasteiger partial charge in [0.25, 0.3) is 5.69 Å². The van der Waals surface area contributed by atoms with E-state index in [9.17, 15) is 10.1 Å². The number of fused-ring (bicyclic) bond motifs is 2. The lowest BCUT2D eigenvalue weighted by molar-refractivity contribution is -0.384. The van der Waals surface area contributed by atoms with E-state index in [2.05, 4.69) is 5.32 Å². The van der Waals surface area contributed by atoms with E-state index in [4.69, 9.17) is 4.74 Å². The summed E-state index contributed by atoms with van der Waals surface area (Å²) >= 11 is 0. The lowest BCUT2D eigenvalue weighted by Crippen LogP contribution is -2.20. The molecule has 3 atom stereocenters. The first kappa shape index (κ1) is 13.2. The molecule has 0 aliphatic heterocycles. The highest BCUT2D eigenvalue weighted by atomic mass is 16.6. The minimum Gasteiger partial charge on any atom is -0.496 e. The number of nitrogens with one attached hydrogen (secondary N) is 1. The molecule has 20 heavy (non-hydrogen) atoms. The van der Waals surface area contributed by atoms with Crippen molar-refractivity contribution >= 4 is 11.4 Å². The molecular weight excluding hydrogens is 256 g/mol. The normalized spacial score (nSPS) is 27.6. The standard InChI is InChI=1S/C15H20N2O3/c1-20-15-7-13(6-14(8-15)17(18)19)16-9-12-5-10-2-3-11(12)4-10/h6-8,10-12,16H,2-5,9H2,1H3. The van der Waals surface area contributed by atoms with Gasteiger partial charge in [-0.05, 0) is 37.0 Å². The Morgan fingerprint density at radius 1 is 1.35 bits per heavy atom. The molecule has 1 aromatic carbocycles. The van der Waals surface area contributed by atoms with E-state index in [1.807, 2.05) is 6.07 Å². The molecule has 0 radical (unpaired) electrons. The van der Waals surface area contributed by atoms with Gasteiger partial charge >= 0.3 is 0 Å². The van der Waals surface area contributed by atoms with Crippen molar-refractivity contribution in [3.8, 4) is 5.75 Å². The Morgan fingerprint density at radius 3 is 2.80 bits per heavy atom. The molecule has 3 rings (SSSR count). The lowest BCUT2D eigenvalue weighted by atomic mass is 9.89. The maximum Gasteiger partial charge on any atom is 0.275 e. The van der Waals surface area contributed by atoms with Gasteiger partial charge in [-0.1, -0.05) is 6.42 Å². The summed E-state index contributed by atoms with van der Waals surface area (Å²) in [5.74, 6) is 3.02. The highest BCUT2D eigenvalue weighted by Gasteiger charge is 2.39. The molecule has 5 nitrogen and oxygen atoms in total. The molecule has 0 spiro atoms. The van der Waals surface area contributed by atoms with E-state index in [0.717, 1.165) is 30.0 Å². The molecule has 2 bridgehead atoms. The average Bonchev–Trinajstić information content (AvgIpc) is 3.07. The van der Waals surface area contributed by atoms with Crippen LogP contribution in [0.1, 0.15) is 25.7 Å². The molecule has 1 N–H and O–H groups in total. The number of rotatable bonds is 5. The van der Waals surface area contributed by atoms with E-state index in [-0.39, 0.29) is 10.6 Å². The first-order valence-electron chi connectivity index (χ1n) is 7.23. The van der Waals surface area contributed by atoms with Crippen molar-refractivity contribution in [3.05, 3.63) is 28.3 Å². The van der Waals surface area contributed by atoms with Crippen molar-refractivity contribution in [1.82, 2.24) is 0 Å². The summed E-state index contributed by atoms with van der Waals surface area (Å²) < 4.78 is 5.12. The van der Waals surface area contributed by atoms with Gasteiger partial charge in [-0.25, -0.2) is 0 Å². The van der Waals surface area contributed by atoms with Gasteiger partial charge in [0.2, 0.25) is 0 Å². The van der Waals surface area contributed by atoms with Crippen molar-refractivity contribution in [1.29, 1.82) is 0 Å². The predicted molar refractivity (Wildman–Crippen MR) is 77.1 cm³/mol. The van der Waals surface area contributed by atoms with Crippen LogP contribution in [0.5, 0.6) is 5.75 Å². The van der Waals surface area contributed by atoms with Gasteiger partial charge in [-0.2, -0.15) is 0 Å². The van der Waals surface area contributed by atoms with Gasteiger partial charge in [0.15, 0.2) is 0 Å². The molecule has 0 heterocycles. The Kier molecular flexibility index (Phi) is 3.51. The number of nitrogens with zero attached hydrogens (tertiary/aromatic N) is 1. The van der Waals surface area contributed by atoms with Crippen LogP contribution < -0.4 is 10.1 Å². The Hall–Kier alpha value is -1.78. The zero-order valence-corrected chi connectivity index (χ0v) is 11.7. The highest BCUT2D eigenvalue weighted by molar-refractivity contribution is 5.56. The maximum atomic E-state index is 10.9. The Bertz CT molecular complexity index is 518. The molecule has 108 valence electrons. The van der Waals surface area contributed by atoms with Gasteiger partial charge in [0.05, 0.1) is 18.1 Å². The fraction of sp³-hybridized carbons (Fsp3) is 0.600. The molecule has 2 aliphatic carbocycles. The smallest absolute Gasteiger partial charge is 0.275 e. The van der Waals surface area contributed by atoms with Gasteiger partial charge in [-0.15, -0.1) is 0 Å². The fourth-order valence-corrected chi connectivity index (χ4v) is 3.78. The minimum atomic E-state index is -0.384. The Balaban J connectivity index is 1.67. The number of benzene rings is 1. The summed E-state index contributed by atoms with van der Waals surface area (Å²) in [6, 6.07) is 4.85. The lowest BCUT2D eigenvalue weighted by Gasteiger charge is -2.22. The second-order valence-corrected chi connectivity index (χ2v) is 5.99. The number of non-ortho nitro benzene ring substituents is 1. The van der Waals surface area contributed by atoms with Crippen LogP contribution in [0.25, 0.3) is 0 Å². The summed E-state index contributed by atoms with van der Waals surface area (Å²) in [5.41, 5.74) is 0.846. The summed E-state index contributed by atoms with van der Waals surface area (Å²) in [7, 11) is 1.53. The van der Waals surface area contributed by atoms with Crippen LogP contribution in [0.15, 0.2) is 18.2 Å². The van der Waals surface area contributed by atoms with E-state index < -0.39 is 0 Å². The monoisotopic (exact) mass is 276 g/mol. The van der Waals surface area contributed by atoms with Crippen LogP contribution in [-0.4, -0.2) is 18.6 Å². The van der Waals surface area contributed by atoms with Gasteiger partial charge in [-0.3, -0.25) is 10.1 Å². The van der Waals surface area contributed by atoms with E-state index >= 15 is 0 Å². The molecule has 0 saturated heterocycles. The molecular formula is C15H20N2O3. The number of anilines is 1. The second-order valence-electron chi connectivity index (χ2n) is 5.99. The van der Waals surface area contributed by atoms with Gasteiger partial charge in [0.1, 0.15) is 5.75 Å². The van der Waals surface area contributed by atoms with Crippen LogP contribution in [0.2, 0.25) is 0 Å². The van der Waals surface area contributed by atoms with Crippen LogP contribution in [0.4, 0.5) is 11.4 Å². The largest absolute Gasteiger partial charge is 0.496 e. The quantitative estimate of drug-likeness (QED) is 0.661. The number of nitro groups is 1. The van der Waals surface area contributed by atoms with Crippen molar-refractivity contribution in [2.45, 2.75) is 25.7 Å². The van der Waals surface area contributed by atoms with Crippen LogP contribution in [-0.2, 0) is 0 Å². The molecule has 2 fully saturated rings. The third kappa shape index (κ3) is 2.57. The van der Waals surface area contributed by atoms with E-state index in [0.29, 0.717) is 5.75 Å². The summed E-state index contributed by atoms with van der Waals surface area (Å²) in [6.07, 6.45) is 5.44. The molecule has 0 aromatic heterocycles. The zero-order valence-electron chi connectivity index (χ0n) is 11.7. The molecule has 3 unspecified atom stereocenters. The third-order valence-electron chi connectivity index (χ3n) is 4.79. The van der Waals surface area contributed by atoms with Gasteiger partial charge in [0, 0.05) is 24.4 Å². The van der Waals surface area contributed by atoms with Gasteiger partial charge < -0.3 is 10.1 Å². The van der Waals surface area contributed by atoms with E-state index in [1.165, 1.54) is 38.9 Å². The number of hydrogen-bond acceptors (Lipinski definition) is 4. The second kappa shape index (κ2) is 5.31. The van der Waals surface area contributed by atoms with Crippen molar-refractivity contribution < 1.29 is 9.66 Å². The van der Waals surface area contributed by atoms with Crippen LogP contribution in [0, 0.1) is 27.9 Å². The topological polar surface area (TPSA) is 64.4 Å². The SMILES string of the molecule is COc1cc(NCC2CC3CCC2C3)cc([N+](=O)[O-])c1. The van der Waals surface area contributed by atoms with Crippen LogP contribution >= 0.6 is 0 Å². The first-order valence-corrected chi connectivity index (χ1v) is 7.23. The molecule has 1 aromatic rings. The third-order valence-corrected chi connectivity index (χ3v) is 4.79. The van der Waals surface area contributed by atoms with Crippen molar-refractivity contribution in [3.63, 3.8) is 0 Å². The molecule has 0 amide bonds. The zero-order chi connectivity index (χ0) is 14.1. The number of hydrogen-bond donors (Lipinski definition) is 1. The Morgan fingerprint density at radius 2 is 2.20 bits per heavy atom. The highest BCUT2D eigenvalue weighted by Crippen LogP contribution is 2.48. The maximum absolute atomic E-state index is 10.9. The number of methoxy groups -OCH3 is 1.